The summed E-state index contributed by atoms with van der Waals surface area (Å²) in [6, 6.07) is 13.0. The number of likely N-dealkylation sites (tertiary alicyclic amines) is 1. The van der Waals surface area contributed by atoms with E-state index in [-0.39, 0.29) is 19.0 Å². The minimum Gasteiger partial charge on any atom is -0.494 e. The SMILES string of the molecule is C=CCNC(=O)c1cnc(Nc2ccc(OCC)cc2)nc1Nc1cccc(OC2CCN(C)CC2)n1.[HH]. The molecule has 10 nitrogen and oxygen atoms in total. The van der Waals surface area contributed by atoms with Crippen LogP contribution in [0.3, 0.4) is 0 Å². The molecule has 3 aromatic rings. The number of hydrogen-bond donors (Lipinski definition) is 3. The molecule has 0 atom stereocenters. The molecule has 37 heavy (non-hydrogen) atoms. The average molecular weight is 506 g/mol. The van der Waals surface area contributed by atoms with Gasteiger partial charge in [0.05, 0.1) is 6.61 Å². The quantitative estimate of drug-likeness (QED) is 0.326. The largest absolute Gasteiger partial charge is 0.494 e. The third-order valence-corrected chi connectivity index (χ3v) is 5.78. The molecular formula is C27H35N7O3. The van der Waals surface area contributed by atoms with E-state index >= 15 is 0 Å². The molecule has 196 valence electrons. The van der Waals surface area contributed by atoms with E-state index in [1.165, 1.54) is 6.20 Å². The minimum absolute atomic E-state index is 0. The zero-order valence-electron chi connectivity index (χ0n) is 21.2. The second kappa shape index (κ2) is 12.7. The fourth-order valence-electron chi connectivity index (χ4n) is 3.84. The lowest BCUT2D eigenvalue weighted by Crippen LogP contribution is -2.35. The molecule has 0 saturated carbocycles. The molecule has 2 aromatic heterocycles. The van der Waals surface area contributed by atoms with E-state index in [4.69, 9.17) is 9.47 Å². The summed E-state index contributed by atoms with van der Waals surface area (Å²) < 4.78 is 11.6. The van der Waals surface area contributed by atoms with Crippen molar-refractivity contribution < 1.29 is 15.7 Å². The number of piperidine rings is 1. The van der Waals surface area contributed by atoms with Crippen LogP contribution in [0.1, 0.15) is 31.6 Å². The molecule has 0 unspecified atom stereocenters. The molecule has 1 aromatic carbocycles. The summed E-state index contributed by atoms with van der Waals surface area (Å²) in [5.74, 6) is 2.13. The maximum absolute atomic E-state index is 12.8. The molecule has 1 amide bonds. The highest BCUT2D eigenvalue weighted by molar-refractivity contribution is 5.99. The van der Waals surface area contributed by atoms with Crippen LogP contribution in [0.25, 0.3) is 0 Å². The molecule has 1 saturated heterocycles. The van der Waals surface area contributed by atoms with Crippen LogP contribution in [0.4, 0.5) is 23.3 Å². The fraction of sp³-hybridized carbons (Fsp3) is 0.333. The molecular weight excluding hydrogens is 470 g/mol. The first-order valence-electron chi connectivity index (χ1n) is 12.4. The first kappa shape index (κ1) is 25.9. The van der Waals surface area contributed by atoms with Crippen LogP contribution in [0.2, 0.25) is 0 Å². The second-order valence-corrected chi connectivity index (χ2v) is 8.64. The van der Waals surface area contributed by atoms with E-state index < -0.39 is 0 Å². The fourth-order valence-corrected chi connectivity index (χ4v) is 3.84. The summed E-state index contributed by atoms with van der Waals surface area (Å²) in [5, 5.41) is 9.10. The summed E-state index contributed by atoms with van der Waals surface area (Å²) in [6.45, 7) is 8.50. The van der Waals surface area contributed by atoms with Crippen molar-refractivity contribution in [2.45, 2.75) is 25.9 Å². The van der Waals surface area contributed by atoms with Crippen LogP contribution >= 0.6 is 0 Å². The van der Waals surface area contributed by atoms with Crippen molar-refractivity contribution in [1.82, 2.24) is 25.2 Å². The van der Waals surface area contributed by atoms with Gasteiger partial charge in [-0.3, -0.25) is 4.79 Å². The molecule has 1 aliphatic heterocycles. The molecule has 4 rings (SSSR count). The van der Waals surface area contributed by atoms with Gasteiger partial charge in [-0.2, -0.15) is 9.97 Å². The summed E-state index contributed by atoms with van der Waals surface area (Å²) in [4.78, 5) is 28.6. The van der Waals surface area contributed by atoms with E-state index in [1.54, 1.807) is 12.1 Å². The van der Waals surface area contributed by atoms with Crippen molar-refractivity contribution in [3.8, 4) is 11.6 Å². The third-order valence-electron chi connectivity index (χ3n) is 5.78. The van der Waals surface area contributed by atoms with Gasteiger partial charge in [0.15, 0.2) is 0 Å². The van der Waals surface area contributed by atoms with Crippen LogP contribution in [0, 0.1) is 0 Å². The Morgan fingerprint density at radius 3 is 2.68 bits per heavy atom. The van der Waals surface area contributed by atoms with Crippen molar-refractivity contribution >= 4 is 29.2 Å². The first-order chi connectivity index (χ1) is 18.0. The minimum atomic E-state index is -0.325. The van der Waals surface area contributed by atoms with Crippen LogP contribution in [-0.4, -0.2) is 65.2 Å². The molecule has 3 heterocycles. The average Bonchev–Trinajstić information content (AvgIpc) is 2.90. The van der Waals surface area contributed by atoms with E-state index in [1.807, 2.05) is 43.3 Å². The maximum atomic E-state index is 12.8. The molecule has 0 aliphatic carbocycles. The lowest BCUT2D eigenvalue weighted by Gasteiger charge is -2.29. The predicted molar refractivity (Wildman–Crippen MR) is 146 cm³/mol. The Bertz CT molecular complexity index is 1200. The molecule has 0 radical (unpaired) electrons. The lowest BCUT2D eigenvalue weighted by molar-refractivity contribution is 0.0958. The van der Waals surface area contributed by atoms with Gasteiger partial charge in [0, 0.05) is 39.0 Å². The third kappa shape index (κ3) is 7.40. The normalized spacial score (nSPS) is 14.0. The molecule has 0 bridgehead atoms. The number of pyridine rings is 1. The number of nitrogens with one attached hydrogen (secondary N) is 3. The summed E-state index contributed by atoms with van der Waals surface area (Å²) >= 11 is 0. The highest BCUT2D eigenvalue weighted by Gasteiger charge is 2.19. The Kier molecular flexibility index (Phi) is 8.88. The Morgan fingerprint density at radius 1 is 1.16 bits per heavy atom. The summed E-state index contributed by atoms with van der Waals surface area (Å²) in [7, 11) is 2.11. The number of nitrogens with zero attached hydrogens (tertiary/aromatic N) is 4. The molecule has 0 spiro atoms. The van der Waals surface area contributed by atoms with Crippen LogP contribution in [0.15, 0.2) is 61.3 Å². The first-order valence-corrected chi connectivity index (χ1v) is 12.4. The van der Waals surface area contributed by atoms with Crippen LogP contribution < -0.4 is 25.4 Å². The molecule has 3 N–H and O–H groups in total. The molecule has 1 fully saturated rings. The Balaban J connectivity index is 0.00000400. The van der Waals surface area contributed by atoms with Gasteiger partial charge in [-0.1, -0.05) is 12.1 Å². The van der Waals surface area contributed by atoms with Gasteiger partial charge in [0.1, 0.15) is 29.1 Å². The second-order valence-electron chi connectivity index (χ2n) is 8.64. The number of carbonyl (C=O) groups excluding carboxylic acids is 1. The van der Waals surface area contributed by atoms with Crippen molar-refractivity contribution in [1.29, 1.82) is 0 Å². The molecule has 10 heteroatoms. The van der Waals surface area contributed by atoms with Gasteiger partial charge in [-0.25, -0.2) is 4.98 Å². The highest BCUT2D eigenvalue weighted by atomic mass is 16.5. The van der Waals surface area contributed by atoms with E-state index in [0.29, 0.717) is 36.6 Å². The smallest absolute Gasteiger partial charge is 0.256 e. The van der Waals surface area contributed by atoms with Crippen LogP contribution in [-0.2, 0) is 0 Å². The number of aromatic nitrogens is 3. The van der Waals surface area contributed by atoms with Gasteiger partial charge in [0.2, 0.25) is 11.8 Å². The van der Waals surface area contributed by atoms with Crippen molar-refractivity contribution in [2.24, 2.45) is 0 Å². The Labute approximate surface area is 218 Å². The number of rotatable bonds is 11. The monoisotopic (exact) mass is 505 g/mol. The number of anilines is 4. The number of benzene rings is 1. The van der Waals surface area contributed by atoms with Gasteiger partial charge in [-0.15, -0.1) is 6.58 Å². The highest BCUT2D eigenvalue weighted by Crippen LogP contribution is 2.24. The van der Waals surface area contributed by atoms with E-state index in [9.17, 15) is 4.79 Å². The number of carbonyl (C=O) groups is 1. The number of amides is 1. The van der Waals surface area contributed by atoms with Gasteiger partial charge >= 0.3 is 0 Å². The standard InChI is InChI=1S/C27H33N7O3.H2/c1-4-15-28-26(35)22-18-29-27(30-19-9-11-20(12-10-19)36-5-2)33-25(22)32-23-7-6-8-24(31-23)37-21-13-16-34(3)17-14-21;/h4,6-12,18,21H,1,5,13-17H2,2-3H3,(H,28,35)(H2,29,30,31,32,33);1H. The van der Waals surface area contributed by atoms with Gasteiger partial charge < -0.3 is 30.3 Å². The van der Waals surface area contributed by atoms with Crippen LogP contribution in [0.5, 0.6) is 11.6 Å². The predicted octanol–water partition coefficient (Wildman–Crippen LogP) is 4.39. The van der Waals surface area contributed by atoms with Crippen molar-refractivity contribution in [3.63, 3.8) is 0 Å². The van der Waals surface area contributed by atoms with Crippen molar-refractivity contribution in [3.05, 3.63) is 66.9 Å². The Morgan fingerprint density at radius 2 is 1.95 bits per heavy atom. The Hall–Kier alpha value is -4.18. The van der Waals surface area contributed by atoms with Crippen molar-refractivity contribution in [2.75, 3.05) is 43.9 Å². The topological polar surface area (TPSA) is 114 Å². The maximum Gasteiger partial charge on any atom is 0.256 e. The number of ether oxygens (including phenoxy) is 2. The summed E-state index contributed by atoms with van der Waals surface area (Å²) in [6.07, 6.45) is 5.12. The van der Waals surface area contributed by atoms with Gasteiger partial charge in [0.25, 0.3) is 5.91 Å². The zero-order chi connectivity index (χ0) is 26.0. The number of hydrogen-bond acceptors (Lipinski definition) is 9. The zero-order valence-corrected chi connectivity index (χ0v) is 21.2. The summed E-state index contributed by atoms with van der Waals surface area (Å²) in [5.41, 5.74) is 1.06. The molecule has 1 aliphatic rings. The van der Waals surface area contributed by atoms with E-state index in [0.717, 1.165) is 37.4 Å². The van der Waals surface area contributed by atoms with Gasteiger partial charge in [-0.05, 0) is 57.1 Å². The van der Waals surface area contributed by atoms with E-state index in [2.05, 4.69) is 49.4 Å². The lowest BCUT2D eigenvalue weighted by atomic mass is 10.1.